The Kier molecular flexibility index (Phi) is 5.56. The molecule has 0 radical (unpaired) electrons. The van der Waals surface area contributed by atoms with E-state index in [0.29, 0.717) is 4.43 Å². The lowest BCUT2D eigenvalue weighted by Gasteiger charge is -2.27. The first-order valence-electron chi connectivity index (χ1n) is 6.35. The van der Waals surface area contributed by atoms with Gasteiger partial charge in [0.15, 0.2) is 18.2 Å². The molecule has 2 heterocycles. The fraction of sp³-hybridized carbons (Fsp3) is 0.636. The molecule has 3 atom stereocenters. The molecule has 0 aromatic carbocycles. The van der Waals surface area contributed by atoms with Crippen LogP contribution in [0, 0.1) is 0 Å². The third-order valence-electron chi connectivity index (χ3n) is 3.10. The summed E-state index contributed by atoms with van der Waals surface area (Å²) in [5.41, 5.74) is 6.89. The van der Waals surface area contributed by atoms with Crippen LogP contribution in [0.5, 0.6) is 0 Å². The maximum atomic E-state index is 14.3. The molecule has 1 saturated heterocycles. The van der Waals surface area contributed by atoms with E-state index in [1.807, 2.05) is 27.6 Å². The highest BCUT2D eigenvalue weighted by Crippen LogP contribution is 2.40. The van der Waals surface area contributed by atoms with E-state index in [9.17, 15) is 14.0 Å². The van der Waals surface area contributed by atoms with Crippen LogP contribution in [0.25, 0.3) is 10.4 Å². The summed E-state index contributed by atoms with van der Waals surface area (Å²) < 4.78 is 26.7. The van der Waals surface area contributed by atoms with Crippen LogP contribution in [-0.4, -0.2) is 39.1 Å². The number of nitrogens with zero attached hydrogens (tertiary/aromatic N) is 4. The van der Waals surface area contributed by atoms with Crippen molar-refractivity contribution in [2.45, 2.75) is 24.6 Å². The molecule has 1 N–H and O–H groups in total. The SMILES string of the molecule is [N-]=[N+]=NCCO[C@@]1(CI)C[C@H](F)[C@H](n2ccc(=O)[nH]c2=O)O1. The summed E-state index contributed by atoms with van der Waals surface area (Å²) in [5, 5.41) is 3.33. The summed E-state index contributed by atoms with van der Waals surface area (Å²) >= 11 is 1.99. The van der Waals surface area contributed by atoms with Crippen molar-refractivity contribution in [1.29, 1.82) is 0 Å². The minimum Gasteiger partial charge on any atom is -0.349 e. The molecule has 9 nitrogen and oxygen atoms in total. The molecular weight excluding hydrogens is 412 g/mol. The third kappa shape index (κ3) is 3.66. The van der Waals surface area contributed by atoms with Crippen molar-refractivity contribution in [1.82, 2.24) is 9.55 Å². The van der Waals surface area contributed by atoms with Crippen LogP contribution in [0.2, 0.25) is 0 Å². The van der Waals surface area contributed by atoms with Crippen LogP contribution in [0.3, 0.4) is 0 Å². The maximum Gasteiger partial charge on any atom is 0.330 e. The molecule has 1 fully saturated rings. The number of hydrogen-bond donors (Lipinski definition) is 1. The van der Waals surface area contributed by atoms with E-state index in [0.717, 1.165) is 10.6 Å². The van der Waals surface area contributed by atoms with Gasteiger partial charge in [-0.3, -0.25) is 14.3 Å². The Labute approximate surface area is 137 Å². The average molecular weight is 425 g/mol. The number of H-pyrrole nitrogens is 1. The Bertz CT molecular complexity index is 688. The van der Waals surface area contributed by atoms with Gasteiger partial charge in [0.25, 0.3) is 5.56 Å². The molecule has 1 aliphatic heterocycles. The van der Waals surface area contributed by atoms with Crippen molar-refractivity contribution >= 4 is 22.6 Å². The fourth-order valence-corrected chi connectivity index (χ4v) is 2.84. The quantitative estimate of drug-likeness (QED) is 0.184. The number of alkyl halides is 2. The predicted molar refractivity (Wildman–Crippen MR) is 82.5 cm³/mol. The number of aromatic nitrogens is 2. The second kappa shape index (κ2) is 7.22. The zero-order valence-corrected chi connectivity index (χ0v) is 13.5. The van der Waals surface area contributed by atoms with Gasteiger partial charge in [-0.2, -0.15) is 0 Å². The van der Waals surface area contributed by atoms with Gasteiger partial charge in [-0.25, -0.2) is 9.18 Å². The van der Waals surface area contributed by atoms with Crippen molar-refractivity contribution < 1.29 is 13.9 Å². The standard InChI is InChI=1S/C11H13FIN5O4/c12-7-5-11(6-13,21-4-2-15-17-14)22-9(7)18-3-1-8(19)16-10(18)20/h1,3,7,9H,2,4-6H2,(H,16,19,20)/t7-,9+,11-/m0/s1. The number of halogens is 2. The van der Waals surface area contributed by atoms with Crippen molar-refractivity contribution in [3.8, 4) is 0 Å². The minimum absolute atomic E-state index is 0.0670. The smallest absolute Gasteiger partial charge is 0.330 e. The first-order valence-corrected chi connectivity index (χ1v) is 7.88. The molecule has 0 saturated carbocycles. The van der Waals surface area contributed by atoms with E-state index >= 15 is 0 Å². The van der Waals surface area contributed by atoms with Crippen LogP contribution >= 0.6 is 22.6 Å². The van der Waals surface area contributed by atoms with E-state index in [1.54, 1.807) is 0 Å². The second-order valence-electron chi connectivity index (χ2n) is 4.59. The van der Waals surface area contributed by atoms with Gasteiger partial charge in [-0.1, -0.05) is 27.7 Å². The molecule has 0 spiro atoms. The molecule has 0 amide bonds. The zero-order chi connectivity index (χ0) is 16.2. The van der Waals surface area contributed by atoms with Gasteiger partial charge >= 0.3 is 5.69 Å². The summed E-state index contributed by atoms with van der Waals surface area (Å²) in [7, 11) is 0. The second-order valence-corrected chi connectivity index (χ2v) is 5.36. The molecule has 0 aliphatic carbocycles. The highest BCUT2D eigenvalue weighted by molar-refractivity contribution is 14.1. The lowest BCUT2D eigenvalue weighted by atomic mass is 10.2. The molecule has 120 valence electrons. The summed E-state index contributed by atoms with van der Waals surface area (Å²) in [5.74, 6) is -1.20. The largest absolute Gasteiger partial charge is 0.349 e. The van der Waals surface area contributed by atoms with Gasteiger partial charge < -0.3 is 9.47 Å². The van der Waals surface area contributed by atoms with Gasteiger partial charge in [0.1, 0.15) is 0 Å². The van der Waals surface area contributed by atoms with Crippen LogP contribution < -0.4 is 11.2 Å². The van der Waals surface area contributed by atoms with Crippen molar-refractivity contribution in [3.05, 3.63) is 43.5 Å². The molecular formula is C11H13FIN5O4. The van der Waals surface area contributed by atoms with E-state index in [4.69, 9.17) is 15.0 Å². The average Bonchev–Trinajstić information content (AvgIpc) is 2.81. The normalized spacial score (nSPS) is 27.5. The number of rotatable bonds is 6. The van der Waals surface area contributed by atoms with E-state index < -0.39 is 29.4 Å². The van der Waals surface area contributed by atoms with E-state index in [2.05, 4.69) is 10.0 Å². The van der Waals surface area contributed by atoms with Crippen LogP contribution in [0.1, 0.15) is 12.6 Å². The Morgan fingerprint density at radius 3 is 3.09 bits per heavy atom. The number of azide groups is 1. The van der Waals surface area contributed by atoms with Crippen molar-refractivity contribution in [2.24, 2.45) is 5.11 Å². The Morgan fingerprint density at radius 1 is 1.68 bits per heavy atom. The fourth-order valence-electron chi connectivity index (χ4n) is 2.13. The predicted octanol–water partition coefficient (Wildman–Crippen LogP) is 1.25. The lowest BCUT2D eigenvalue weighted by molar-refractivity contribution is -0.222. The van der Waals surface area contributed by atoms with Gasteiger partial charge in [-0.05, 0) is 5.53 Å². The maximum absolute atomic E-state index is 14.3. The highest BCUT2D eigenvalue weighted by Gasteiger charge is 2.48. The zero-order valence-electron chi connectivity index (χ0n) is 11.3. The summed E-state index contributed by atoms with van der Waals surface area (Å²) in [6.45, 7) is 0.172. The molecule has 2 rings (SSSR count). The van der Waals surface area contributed by atoms with Crippen LogP contribution in [-0.2, 0) is 9.47 Å². The van der Waals surface area contributed by atoms with Gasteiger partial charge in [0.2, 0.25) is 0 Å². The summed E-state index contributed by atoms with van der Waals surface area (Å²) in [6, 6.07) is 1.12. The number of nitrogens with one attached hydrogen (secondary N) is 1. The van der Waals surface area contributed by atoms with Crippen LogP contribution in [0.15, 0.2) is 27.0 Å². The van der Waals surface area contributed by atoms with Gasteiger partial charge in [0.05, 0.1) is 11.0 Å². The number of hydrogen-bond acceptors (Lipinski definition) is 5. The summed E-state index contributed by atoms with van der Waals surface area (Å²) in [4.78, 5) is 27.4. The Balaban J connectivity index is 2.17. The number of ether oxygens (including phenoxy) is 2. The van der Waals surface area contributed by atoms with E-state index in [-0.39, 0.29) is 19.6 Å². The molecule has 1 aromatic heterocycles. The van der Waals surface area contributed by atoms with Crippen LogP contribution in [0.4, 0.5) is 4.39 Å². The molecule has 0 unspecified atom stereocenters. The topological polar surface area (TPSA) is 122 Å². The molecule has 11 heteroatoms. The Hall–Kier alpha value is -1.43. The van der Waals surface area contributed by atoms with Gasteiger partial charge in [-0.15, -0.1) is 0 Å². The van der Waals surface area contributed by atoms with Gasteiger partial charge in [0, 0.05) is 30.1 Å². The minimum atomic E-state index is -1.47. The monoisotopic (exact) mass is 425 g/mol. The molecule has 1 aromatic rings. The first-order chi connectivity index (χ1) is 10.5. The molecule has 1 aliphatic rings. The molecule has 0 bridgehead atoms. The van der Waals surface area contributed by atoms with E-state index in [1.165, 1.54) is 6.20 Å². The highest BCUT2D eigenvalue weighted by atomic mass is 127. The Morgan fingerprint density at radius 2 is 2.45 bits per heavy atom. The van der Waals surface area contributed by atoms with Crippen molar-refractivity contribution in [3.63, 3.8) is 0 Å². The third-order valence-corrected chi connectivity index (χ3v) is 4.26. The van der Waals surface area contributed by atoms with Crippen molar-refractivity contribution in [2.75, 3.05) is 17.6 Å². The lowest BCUT2D eigenvalue weighted by Crippen LogP contribution is -2.37. The number of aromatic amines is 1. The first kappa shape index (κ1) is 16.9. The summed E-state index contributed by atoms with van der Waals surface area (Å²) in [6.07, 6.45) is -1.54. The molecule has 22 heavy (non-hydrogen) atoms.